The highest BCUT2D eigenvalue weighted by molar-refractivity contribution is 5.82. The summed E-state index contributed by atoms with van der Waals surface area (Å²) in [5, 5.41) is 0. The maximum Gasteiger partial charge on any atom is 0.240 e. The summed E-state index contributed by atoms with van der Waals surface area (Å²) in [6.07, 6.45) is 10.0. The summed E-state index contributed by atoms with van der Waals surface area (Å²) in [6, 6.07) is 0.207. The lowest BCUT2D eigenvalue weighted by atomic mass is 9.88. The van der Waals surface area contributed by atoms with Crippen LogP contribution in [0.25, 0.3) is 0 Å². The van der Waals surface area contributed by atoms with Crippen molar-refractivity contribution in [2.75, 3.05) is 6.54 Å². The lowest BCUT2D eigenvalue weighted by Crippen LogP contribution is -2.49. The van der Waals surface area contributed by atoms with Gasteiger partial charge in [-0.3, -0.25) is 4.79 Å². The van der Waals surface area contributed by atoms with Gasteiger partial charge in [-0.25, -0.2) is 0 Å². The van der Waals surface area contributed by atoms with Gasteiger partial charge in [0.05, 0.1) is 6.04 Å². The Labute approximate surface area is 117 Å². The highest BCUT2D eigenvalue weighted by Crippen LogP contribution is 2.32. The minimum Gasteiger partial charge on any atom is -0.338 e. The van der Waals surface area contributed by atoms with Gasteiger partial charge in [-0.05, 0) is 37.5 Å². The molecule has 0 saturated heterocycles. The van der Waals surface area contributed by atoms with Crippen LogP contribution < -0.4 is 5.73 Å². The number of nitrogens with two attached hydrogens (primary N) is 1. The normalized spacial score (nSPS) is 23.9. The van der Waals surface area contributed by atoms with Crippen LogP contribution in [-0.2, 0) is 4.79 Å². The van der Waals surface area contributed by atoms with Crippen molar-refractivity contribution in [1.29, 1.82) is 0 Å². The van der Waals surface area contributed by atoms with Crippen molar-refractivity contribution in [3.05, 3.63) is 0 Å². The minimum atomic E-state index is -0.297. The van der Waals surface area contributed by atoms with E-state index in [1.54, 1.807) is 0 Å². The molecule has 3 heteroatoms. The number of hydrogen-bond acceptors (Lipinski definition) is 2. The summed E-state index contributed by atoms with van der Waals surface area (Å²) in [7, 11) is 0. The van der Waals surface area contributed by atoms with Gasteiger partial charge in [0.2, 0.25) is 5.91 Å². The van der Waals surface area contributed by atoms with Gasteiger partial charge in [-0.15, -0.1) is 0 Å². The van der Waals surface area contributed by atoms with Crippen LogP contribution in [0.2, 0.25) is 0 Å². The lowest BCUT2D eigenvalue weighted by molar-refractivity contribution is -0.135. The quantitative estimate of drug-likeness (QED) is 0.803. The molecule has 2 fully saturated rings. The van der Waals surface area contributed by atoms with Gasteiger partial charge in [0, 0.05) is 12.6 Å². The molecule has 0 aromatic heterocycles. The molecule has 3 nitrogen and oxygen atoms in total. The van der Waals surface area contributed by atoms with Crippen LogP contribution in [-0.4, -0.2) is 29.4 Å². The molecule has 0 spiro atoms. The first-order valence-corrected chi connectivity index (χ1v) is 8.19. The molecule has 2 N–H and O–H groups in total. The van der Waals surface area contributed by atoms with Crippen molar-refractivity contribution in [1.82, 2.24) is 4.90 Å². The van der Waals surface area contributed by atoms with Crippen molar-refractivity contribution in [2.24, 2.45) is 17.6 Å². The third-order valence-electron chi connectivity index (χ3n) is 4.99. The Bertz CT molecular complexity index is 295. The van der Waals surface area contributed by atoms with E-state index >= 15 is 0 Å². The van der Waals surface area contributed by atoms with Crippen LogP contribution in [0.5, 0.6) is 0 Å². The fourth-order valence-corrected chi connectivity index (χ4v) is 3.14. The topological polar surface area (TPSA) is 46.3 Å². The molecule has 19 heavy (non-hydrogen) atoms. The molecule has 1 amide bonds. The van der Waals surface area contributed by atoms with E-state index in [1.807, 2.05) is 0 Å². The van der Waals surface area contributed by atoms with Gasteiger partial charge < -0.3 is 10.6 Å². The van der Waals surface area contributed by atoms with Crippen molar-refractivity contribution in [2.45, 2.75) is 77.3 Å². The molecule has 2 aliphatic rings. The van der Waals surface area contributed by atoms with Gasteiger partial charge in [0.1, 0.15) is 0 Å². The largest absolute Gasteiger partial charge is 0.338 e. The third kappa shape index (κ3) is 3.95. The van der Waals surface area contributed by atoms with E-state index in [9.17, 15) is 4.79 Å². The molecule has 0 bridgehead atoms. The zero-order chi connectivity index (χ0) is 13.8. The zero-order valence-electron chi connectivity index (χ0n) is 12.6. The standard InChI is InChI=1S/C16H30N2O/c1-3-12(2)15(17)16(19)18(14-9-10-14)11-13-7-5-4-6-8-13/h12-15H,3-11,17H2,1-2H3/t12?,15-/m0/s1. The predicted molar refractivity (Wildman–Crippen MR) is 78.7 cm³/mol. The van der Waals surface area contributed by atoms with Crippen LogP contribution >= 0.6 is 0 Å². The molecule has 2 rings (SSSR count). The highest BCUT2D eigenvalue weighted by atomic mass is 16.2. The van der Waals surface area contributed by atoms with Crippen molar-refractivity contribution >= 4 is 5.91 Å². The fourth-order valence-electron chi connectivity index (χ4n) is 3.14. The van der Waals surface area contributed by atoms with E-state index in [2.05, 4.69) is 18.7 Å². The van der Waals surface area contributed by atoms with E-state index in [0.717, 1.165) is 18.9 Å². The number of carbonyl (C=O) groups excluding carboxylic acids is 1. The number of carbonyl (C=O) groups is 1. The van der Waals surface area contributed by atoms with Crippen LogP contribution in [0.4, 0.5) is 0 Å². The Morgan fingerprint density at radius 2 is 1.84 bits per heavy atom. The second-order valence-electron chi connectivity index (χ2n) is 6.64. The first-order chi connectivity index (χ1) is 9.13. The maximum atomic E-state index is 12.6. The van der Waals surface area contributed by atoms with Crippen LogP contribution in [0.3, 0.4) is 0 Å². The molecule has 0 aromatic rings. The van der Waals surface area contributed by atoms with E-state index in [0.29, 0.717) is 12.0 Å². The molecule has 2 atom stereocenters. The molecule has 110 valence electrons. The van der Waals surface area contributed by atoms with Gasteiger partial charge in [0.25, 0.3) is 0 Å². The summed E-state index contributed by atoms with van der Waals surface area (Å²) in [5.74, 6) is 1.23. The van der Waals surface area contributed by atoms with Crippen molar-refractivity contribution in [3.8, 4) is 0 Å². The summed E-state index contributed by atoms with van der Waals surface area (Å²) >= 11 is 0. The molecule has 0 heterocycles. The van der Waals surface area contributed by atoms with Gasteiger partial charge >= 0.3 is 0 Å². The van der Waals surface area contributed by atoms with Gasteiger partial charge in [0.15, 0.2) is 0 Å². The third-order valence-corrected chi connectivity index (χ3v) is 4.99. The monoisotopic (exact) mass is 266 g/mol. The molecular weight excluding hydrogens is 236 g/mol. The van der Waals surface area contributed by atoms with Crippen LogP contribution in [0.1, 0.15) is 65.2 Å². The second kappa shape index (κ2) is 6.74. The van der Waals surface area contributed by atoms with Crippen LogP contribution in [0, 0.1) is 11.8 Å². The van der Waals surface area contributed by atoms with Crippen molar-refractivity contribution < 1.29 is 4.79 Å². The number of hydrogen-bond donors (Lipinski definition) is 1. The Morgan fingerprint density at radius 1 is 1.21 bits per heavy atom. The smallest absolute Gasteiger partial charge is 0.240 e. The average Bonchev–Trinajstić information content (AvgIpc) is 3.28. The van der Waals surface area contributed by atoms with Crippen molar-refractivity contribution in [3.63, 3.8) is 0 Å². The molecule has 1 unspecified atom stereocenters. The molecule has 0 aliphatic heterocycles. The first-order valence-electron chi connectivity index (χ1n) is 8.19. The second-order valence-corrected chi connectivity index (χ2v) is 6.64. The molecule has 0 radical (unpaired) electrons. The van der Waals surface area contributed by atoms with Gasteiger partial charge in [-0.1, -0.05) is 39.5 Å². The molecule has 2 aliphatic carbocycles. The number of nitrogens with zero attached hydrogens (tertiary/aromatic N) is 1. The van der Waals surface area contributed by atoms with E-state index < -0.39 is 0 Å². The van der Waals surface area contributed by atoms with E-state index in [4.69, 9.17) is 5.73 Å². The highest BCUT2D eigenvalue weighted by Gasteiger charge is 2.37. The Hall–Kier alpha value is -0.570. The minimum absolute atomic E-state index is 0.211. The molecular formula is C16H30N2O. The van der Waals surface area contributed by atoms with Crippen LogP contribution in [0.15, 0.2) is 0 Å². The first kappa shape index (κ1) is 14.8. The maximum absolute atomic E-state index is 12.6. The molecule has 0 aromatic carbocycles. The predicted octanol–water partition coefficient (Wildman–Crippen LogP) is 2.93. The van der Waals surface area contributed by atoms with E-state index in [-0.39, 0.29) is 11.9 Å². The van der Waals surface area contributed by atoms with E-state index in [1.165, 1.54) is 44.9 Å². The van der Waals surface area contributed by atoms with Gasteiger partial charge in [-0.2, -0.15) is 0 Å². The summed E-state index contributed by atoms with van der Waals surface area (Å²) in [5.41, 5.74) is 6.15. The lowest BCUT2D eigenvalue weighted by Gasteiger charge is -2.32. The zero-order valence-corrected chi connectivity index (χ0v) is 12.6. The number of amides is 1. The summed E-state index contributed by atoms with van der Waals surface area (Å²) < 4.78 is 0. The molecule has 2 saturated carbocycles. The number of rotatable bonds is 6. The Morgan fingerprint density at radius 3 is 2.37 bits per heavy atom. The fraction of sp³-hybridized carbons (Fsp3) is 0.938. The summed E-state index contributed by atoms with van der Waals surface area (Å²) in [6.45, 7) is 5.17. The SMILES string of the molecule is CCC(C)[C@H](N)C(=O)N(CC1CCCCC1)C1CC1. The Balaban J connectivity index is 1.93. The Kier molecular flexibility index (Phi) is 5.26. The summed E-state index contributed by atoms with van der Waals surface area (Å²) in [4.78, 5) is 14.7. The average molecular weight is 266 g/mol.